The van der Waals surface area contributed by atoms with Gasteiger partial charge in [-0.3, -0.25) is 5.10 Å². The Hall–Kier alpha value is -1.39. The molecule has 4 nitrogen and oxygen atoms in total. The Bertz CT molecular complexity index is 435. The number of rotatable bonds is 4. The zero-order chi connectivity index (χ0) is 10.7. The van der Waals surface area contributed by atoms with Crippen LogP contribution in [0.2, 0.25) is 0 Å². The van der Waals surface area contributed by atoms with Gasteiger partial charge in [-0.1, -0.05) is 12.1 Å². The first kappa shape index (κ1) is 10.1. The molecule has 4 heteroatoms. The van der Waals surface area contributed by atoms with Crippen LogP contribution in [-0.2, 0) is 6.54 Å². The number of aromatic nitrogens is 2. The second kappa shape index (κ2) is 4.42. The third-order valence-corrected chi connectivity index (χ3v) is 2.51. The molecule has 0 unspecified atom stereocenters. The first-order valence-corrected chi connectivity index (χ1v) is 5.15. The van der Waals surface area contributed by atoms with Crippen LogP contribution < -0.4 is 11.1 Å². The summed E-state index contributed by atoms with van der Waals surface area (Å²) in [5.41, 5.74) is 7.85. The topological polar surface area (TPSA) is 66.7 Å². The molecule has 0 radical (unpaired) electrons. The van der Waals surface area contributed by atoms with E-state index in [0.717, 1.165) is 17.4 Å². The van der Waals surface area contributed by atoms with Gasteiger partial charge in [0.15, 0.2) is 0 Å². The number of fused-ring (bicyclic) bond motifs is 1. The van der Waals surface area contributed by atoms with Crippen molar-refractivity contribution in [1.82, 2.24) is 15.5 Å². The van der Waals surface area contributed by atoms with Crippen LogP contribution in [0.25, 0.3) is 10.9 Å². The number of benzene rings is 1. The molecular formula is C11H16N4. The van der Waals surface area contributed by atoms with Crippen molar-refractivity contribution in [3.63, 3.8) is 0 Å². The monoisotopic (exact) mass is 204 g/mol. The molecule has 0 saturated heterocycles. The molecule has 80 valence electrons. The Morgan fingerprint density at radius 3 is 3.20 bits per heavy atom. The van der Waals surface area contributed by atoms with E-state index in [0.29, 0.717) is 12.6 Å². The number of aromatic amines is 1. The number of H-pyrrole nitrogens is 1. The molecule has 2 rings (SSSR count). The molecule has 0 fully saturated rings. The van der Waals surface area contributed by atoms with E-state index in [1.807, 2.05) is 6.20 Å². The van der Waals surface area contributed by atoms with Gasteiger partial charge in [0.25, 0.3) is 0 Å². The van der Waals surface area contributed by atoms with Crippen molar-refractivity contribution in [3.8, 4) is 0 Å². The van der Waals surface area contributed by atoms with Gasteiger partial charge >= 0.3 is 0 Å². The predicted octanol–water partition coefficient (Wildman–Crippen LogP) is 1.000. The van der Waals surface area contributed by atoms with Gasteiger partial charge in [-0.2, -0.15) is 5.10 Å². The minimum atomic E-state index is 0.350. The van der Waals surface area contributed by atoms with Crippen molar-refractivity contribution in [2.75, 3.05) is 6.54 Å². The van der Waals surface area contributed by atoms with Crippen LogP contribution in [0.5, 0.6) is 0 Å². The van der Waals surface area contributed by atoms with Crippen molar-refractivity contribution < 1.29 is 0 Å². The summed E-state index contributed by atoms with van der Waals surface area (Å²) >= 11 is 0. The summed E-state index contributed by atoms with van der Waals surface area (Å²) in [5.74, 6) is 0. The molecule has 0 aliphatic carbocycles. The van der Waals surface area contributed by atoms with Gasteiger partial charge in [-0.25, -0.2) is 0 Å². The number of hydrogen-bond acceptors (Lipinski definition) is 3. The van der Waals surface area contributed by atoms with Crippen molar-refractivity contribution in [3.05, 3.63) is 30.0 Å². The maximum absolute atomic E-state index is 5.53. The third kappa shape index (κ3) is 2.34. The smallest absolute Gasteiger partial charge is 0.0653 e. The maximum atomic E-state index is 5.53. The van der Waals surface area contributed by atoms with E-state index in [2.05, 4.69) is 40.6 Å². The van der Waals surface area contributed by atoms with Gasteiger partial charge in [-0.05, 0) is 18.6 Å². The molecule has 0 aliphatic rings. The van der Waals surface area contributed by atoms with Crippen LogP contribution in [0.3, 0.4) is 0 Å². The molecule has 2 aromatic rings. The third-order valence-electron chi connectivity index (χ3n) is 2.51. The van der Waals surface area contributed by atoms with Gasteiger partial charge in [0, 0.05) is 24.5 Å². The van der Waals surface area contributed by atoms with Gasteiger partial charge < -0.3 is 11.1 Å². The van der Waals surface area contributed by atoms with Crippen LogP contribution in [0.4, 0.5) is 0 Å². The first-order chi connectivity index (χ1) is 7.29. The SMILES string of the molecule is C[C@@H](CN)NCc1ccc2cn[nH]c2c1. The van der Waals surface area contributed by atoms with Crippen LogP contribution in [0.15, 0.2) is 24.4 Å². The number of hydrogen-bond donors (Lipinski definition) is 3. The van der Waals surface area contributed by atoms with Gasteiger partial charge in [-0.15, -0.1) is 0 Å². The number of nitrogens with two attached hydrogens (primary N) is 1. The lowest BCUT2D eigenvalue weighted by atomic mass is 10.1. The Balaban J connectivity index is 2.08. The van der Waals surface area contributed by atoms with E-state index in [-0.39, 0.29) is 0 Å². The minimum Gasteiger partial charge on any atom is -0.329 e. The number of nitrogens with zero attached hydrogens (tertiary/aromatic N) is 1. The summed E-state index contributed by atoms with van der Waals surface area (Å²) in [6.45, 7) is 3.58. The molecule has 4 N–H and O–H groups in total. The molecule has 1 atom stereocenters. The molecule has 15 heavy (non-hydrogen) atoms. The first-order valence-electron chi connectivity index (χ1n) is 5.15. The Labute approximate surface area is 88.9 Å². The molecule has 1 aromatic carbocycles. The molecule has 1 heterocycles. The summed E-state index contributed by atoms with van der Waals surface area (Å²) in [4.78, 5) is 0. The highest BCUT2D eigenvalue weighted by atomic mass is 15.1. The van der Waals surface area contributed by atoms with Crippen LogP contribution in [0.1, 0.15) is 12.5 Å². The van der Waals surface area contributed by atoms with Crippen molar-refractivity contribution in [2.45, 2.75) is 19.5 Å². The Morgan fingerprint density at radius 2 is 2.40 bits per heavy atom. The van der Waals surface area contributed by atoms with Gasteiger partial charge in [0.05, 0.1) is 11.7 Å². The van der Waals surface area contributed by atoms with E-state index in [1.54, 1.807) is 0 Å². The van der Waals surface area contributed by atoms with Gasteiger partial charge in [0.1, 0.15) is 0 Å². The van der Waals surface area contributed by atoms with Crippen molar-refractivity contribution >= 4 is 10.9 Å². The normalized spacial score (nSPS) is 13.2. The summed E-state index contributed by atoms with van der Waals surface area (Å²) in [5, 5.41) is 11.4. The van der Waals surface area contributed by atoms with E-state index >= 15 is 0 Å². The fourth-order valence-corrected chi connectivity index (χ4v) is 1.47. The average molecular weight is 204 g/mol. The van der Waals surface area contributed by atoms with Gasteiger partial charge in [0.2, 0.25) is 0 Å². The van der Waals surface area contributed by atoms with Crippen LogP contribution >= 0.6 is 0 Å². The van der Waals surface area contributed by atoms with E-state index in [1.165, 1.54) is 5.56 Å². The Kier molecular flexibility index (Phi) is 2.99. The number of nitrogens with one attached hydrogen (secondary N) is 2. The van der Waals surface area contributed by atoms with Crippen molar-refractivity contribution in [1.29, 1.82) is 0 Å². The van der Waals surface area contributed by atoms with Crippen LogP contribution in [0, 0.1) is 0 Å². The lowest BCUT2D eigenvalue weighted by molar-refractivity contribution is 0.556. The second-order valence-electron chi connectivity index (χ2n) is 3.81. The van der Waals surface area contributed by atoms with E-state index in [9.17, 15) is 0 Å². The average Bonchev–Trinajstić information content (AvgIpc) is 2.72. The summed E-state index contributed by atoms with van der Waals surface area (Å²) < 4.78 is 0. The minimum absolute atomic E-state index is 0.350. The molecule has 0 spiro atoms. The molecule has 0 aliphatic heterocycles. The Morgan fingerprint density at radius 1 is 1.53 bits per heavy atom. The quantitative estimate of drug-likeness (QED) is 0.696. The van der Waals surface area contributed by atoms with Crippen molar-refractivity contribution in [2.24, 2.45) is 5.73 Å². The second-order valence-corrected chi connectivity index (χ2v) is 3.81. The standard InChI is InChI=1S/C11H16N4/c1-8(5-12)13-6-9-2-3-10-7-14-15-11(10)4-9/h2-4,7-8,13H,5-6,12H2,1H3,(H,14,15)/t8-/m0/s1. The largest absolute Gasteiger partial charge is 0.329 e. The van der Waals surface area contributed by atoms with E-state index < -0.39 is 0 Å². The molecular weight excluding hydrogens is 188 g/mol. The zero-order valence-corrected chi connectivity index (χ0v) is 8.83. The zero-order valence-electron chi connectivity index (χ0n) is 8.83. The molecule has 1 aromatic heterocycles. The maximum Gasteiger partial charge on any atom is 0.0653 e. The predicted molar refractivity (Wildman–Crippen MR) is 61.4 cm³/mol. The molecule has 0 saturated carbocycles. The summed E-state index contributed by atoms with van der Waals surface area (Å²) in [7, 11) is 0. The molecule has 0 bridgehead atoms. The highest BCUT2D eigenvalue weighted by Crippen LogP contribution is 2.12. The van der Waals surface area contributed by atoms with Crippen LogP contribution in [-0.4, -0.2) is 22.8 Å². The fraction of sp³-hybridized carbons (Fsp3) is 0.364. The molecule has 0 amide bonds. The fourth-order valence-electron chi connectivity index (χ4n) is 1.47. The summed E-state index contributed by atoms with van der Waals surface area (Å²) in [6, 6.07) is 6.64. The highest BCUT2D eigenvalue weighted by Gasteiger charge is 2.00. The lowest BCUT2D eigenvalue weighted by Crippen LogP contribution is -2.32. The van der Waals surface area contributed by atoms with E-state index in [4.69, 9.17) is 5.73 Å². The highest BCUT2D eigenvalue weighted by molar-refractivity contribution is 5.78. The lowest BCUT2D eigenvalue weighted by Gasteiger charge is -2.10. The summed E-state index contributed by atoms with van der Waals surface area (Å²) in [6.07, 6.45) is 1.83.